The van der Waals surface area contributed by atoms with Crippen LogP contribution in [0.5, 0.6) is 5.75 Å². The lowest BCUT2D eigenvalue weighted by Crippen LogP contribution is -2.43. The van der Waals surface area contributed by atoms with Gasteiger partial charge in [-0.15, -0.1) is 0 Å². The van der Waals surface area contributed by atoms with Gasteiger partial charge in [0.05, 0.1) is 5.60 Å². The number of nitrogens with one attached hydrogen (secondary N) is 1. The van der Waals surface area contributed by atoms with Crippen molar-refractivity contribution in [1.82, 2.24) is 15.2 Å². The molecule has 1 aromatic carbocycles. The summed E-state index contributed by atoms with van der Waals surface area (Å²) in [6, 6.07) is 14.2. The Kier molecular flexibility index (Phi) is 7.20. The van der Waals surface area contributed by atoms with E-state index in [1.54, 1.807) is 6.20 Å². The Morgan fingerprint density at radius 3 is 2.80 bits per heavy atom. The number of aliphatic hydroxyl groups is 1. The number of piperidine rings is 1. The molecule has 1 aromatic heterocycles. The van der Waals surface area contributed by atoms with Crippen molar-refractivity contribution in [2.45, 2.75) is 37.8 Å². The van der Waals surface area contributed by atoms with Crippen molar-refractivity contribution < 1.29 is 9.84 Å². The van der Waals surface area contributed by atoms with Crippen LogP contribution in [0, 0.1) is 0 Å². The van der Waals surface area contributed by atoms with Gasteiger partial charge < -0.3 is 20.1 Å². The number of aromatic nitrogens is 1. The maximum Gasteiger partial charge on any atom is 0.128 e. The van der Waals surface area contributed by atoms with Crippen molar-refractivity contribution in [2.24, 2.45) is 0 Å². The highest BCUT2D eigenvalue weighted by molar-refractivity contribution is 5.40. The molecule has 2 N–H and O–H groups in total. The van der Waals surface area contributed by atoms with Crippen LogP contribution in [0.4, 0.5) is 5.82 Å². The number of anilines is 1. The molecule has 0 unspecified atom stereocenters. The quantitative estimate of drug-likeness (QED) is 0.663. The molecule has 0 aliphatic carbocycles. The van der Waals surface area contributed by atoms with Gasteiger partial charge in [0, 0.05) is 38.9 Å². The summed E-state index contributed by atoms with van der Waals surface area (Å²) in [5, 5.41) is 14.4. The number of rotatable bonds is 9. The number of ether oxygens (including phenoxy) is 1. The Morgan fingerprint density at radius 1 is 1.07 bits per heavy atom. The lowest BCUT2D eigenvalue weighted by atomic mass is 10.0. The Hall–Kier alpha value is -2.15. The van der Waals surface area contributed by atoms with Gasteiger partial charge in [-0.05, 0) is 62.2 Å². The monoisotopic (exact) mass is 410 g/mol. The van der Waals surface area contributed by atoms with Crippen LogP contribution in [0.15, 0.2) is 48.7 Å². The minimum Gasteiger partial charge on any atom is -0.492 e. The fourth-order valence-corrected chi connectivity index (χ4v) is 4.40. The van der Waals surface area contributed by atoms with E-state index in [4.69, 9.17) is 4.74 Å². The highest BCUT2D eigenvalue weighted by Crippen LogP contribution is 2.25. The number of pyridine rings is 1. The highest BCUT2D eigenvalue weighted by atomic mass is 16.5. The zero-order valence-corrected chi connectivity index (χ0v) is 17.8. The van der Waals surface area contributed by atoms with Gasteiger partial charge >= 0.3 is 0 Å². The van der Waals surface area contributed by atoms with Crippen LogP contribution in [0.1, 0.15) is 31.2 Å². The Bertz CT molecular complexity index is 782. The van der Waals surface area contributed by atoms with E-state index in [1.807, 2.05) is 30.3 Å². The molecular formula is C24H34N4O2. The van der Waals surface area contributed by atoms with E-state index >= 15 is 0 Å². The summed E-state index contributed by atoms with van der Waals surface area (Å²) in [4.78, 5) is 9.04. The summed E-state index contributed by atoms with van der Waals surface area (Å²) in [6.07, 6.45) is 6.53. The summed E-state index contributed by atoms with van der Waals surface area (Å²) < 4.78 is 5.98. The Balaban J connectivity index is 1.20. The zero-order valence-electron chi connectivity index (χ0n) is 17.8. The molecule has 2 saturated heterocycles. The first-order valence-electron chi connectivity index (χ1n) is 11.2. The van der Waals surface area contributed by atoms with Crippen LogP contribution in [0.25, 0.3) is 0 Å². The number of hydrogen-bond donors (Lipinski definition) is 2. The smallest absolute Gasteiger partial charge is 0.128 e. The standard InChI is InChI=1S/C24H34N4O2/c29-24(10-14-28(20-24)23-9-2-3-11-26-23)19-25-18-21-7-6-8-22(17-21)30-16-15-27-12-4-1-5-13-27/h2-3,6-9,11,17,25,29H,1,4-5,10,12-16,18-20H2/t24-/m1/s1. The minimum atomic E-state index is -0.722. The van der Waals surface area contributed by atoms with Crippen LogP contribution in [0.2, 0.25) is 0 Å². The lowest BCUT2D eigenvalue weighted by Gasteiger charge is -2.26. The van der Waals surface area contributed by atoms with Crippen molar-refractivity contribution in [3.05, 3.63) is 54.2 Å². The van der Waals surface area contributed by atoms with Crippen molar-refractivity contribution in [3.63, 3.8) is 0 Å². The van der Waals surface area contributed by atoms with Gasteiger partial charge in [0.1, 0.15) is 18.2 Å². The fourth-order valence-electron chi connectivity index (χ4n) is 4.40. The van der Waals surface area contributed by atoms with Crippen molar-refractivity contribution in [2.75, 3.05) is 50.8 Å². The van der Waals surface area contributed by atoms with E-state index in [0.717, 1.165) is 44.2 Å². The van der Waals surface area contributed by atoms with Crippen LogP contribution in [-0.2, 0) is 6.54 Å². The van der Waals surface area contributed by atoms with Crippen molar-refractivity contribution in [3.8, 4) is 5.75 Å². The third-order valence-corrected chi connectivity index (χ3v) is 6.11. The molecule has 6 nitrogen and oxygen atoms in total. The molecule has 0 radical (unpaired) electrons. The number of β-amino-alcohol motifs (C(OH)–C–C–N with tert-alkyl or cyclic N) is 1. The topological polar surface area (TPSA) is 60.9 Å². The normalized spacial score (nSPS) is 22.4. The molecule has 162 valence electrons. The average Bonchev–Trinajstić information content (AvgIpc) is 3.18. The molecule has 0 spiro atoms. The second kappa shape index (κ2) is 10.2. The van der Waals surface area contributed by atoms with Crippen LogP contribution >= 0.6 is 0 Å². The summed E-state index contributed by atoms with van der Waals surface area (Å²) in [5.74, 6) is 1.86. The van der Waals surface area contributed by atoms with Crippen molar-refractivity contribution in [1.29, 1.82) is 0 Å². The molecule has 0 amide bonds. The zero-order chi connectivity index (χ0) is 20.7. The predicted octanol–water partition coefficient (Wildman–Crippen LogP) is 2.68. The summed E-state index contributed by atoms with van der Waals surface area (Å²) in [7, 11) is 0. The third kappa shape index (κ3) is 5.94. The van der Waals surface area contributed by atoms with E-state index < -0.39 is 5.60 Å². The fraction of sp³-hybridized carbons (Fsp3) is 0.542. The van der Waals surface area contributed by atoms with Gasteiger partial charge in [0.2, 0.25) is 0 Å². The van der Waals surface area contributed by atoms with Crippen LogP contribution in [-0.4, -0.2) is 66.5 Å². The maximum absolute atomic E-state index is 10.9. The summed E-state index contributed by atoms with van der Waals surface area (Å²) in [5.41, 5.74) is 0.453. The predicted molar refractivity (Wildman–Crippen MR) is 120 cm³/mol. The number of benzene rings is 1. The number of hydrogen-bond acceptors (Lipinski definition) is 6. The molecule has 6 heteroatoms. The minimum absolute atomic E-state index is 0.566. The summed E-state index contributed by atoms with van der Waals surface area (Å²) >= 11 is 0. The van der Waals surface area contributed by atoms with E-state index in [1.165, 1.54) is 37.9 Å². The van der Waals surface area contributed by atoms with E-state index in [9.17, 15) is 5.11 Å². The van der Waals surface area contributed by atoms with Crippen molar-refractivity contribution >= 4 is 5.82 Å². The van der Waals surface area contributed by atoms with Gasteiger partial charge in [-0.2, -0.15) is 0 Å². The van der Waals surface area contributed by atoms with Gasteiger partial charge in [0.15, 0.2) is 0 Å². The molecule has 30 heavy (non-hydrogen) atoms. The van der Waals surface area contributed by atoms with Gasteiger partial charge in [-0.3, -0.25) is 4.90 Å². The molecule has 4 rings (SSSR count). The number of nitrogens with zero attached hydrogens (tertiary/aromatic N) is 3. The second-order valence-corrected chi connectivity index (χ2v) is 8.59. The summed E-state index contributed by atoms with van der Waals surface area (Å²) in [6.45, 7) is 6.86. The SMILES string of the molecule is O[C@@]1(CNCc2cccc(OCCN3CCCCC3)c2)CCN(c2ccccn2)C1. The van der Waals surface area contributed by atoms with E-state index in [-0.39, 0.29) is 0 Å². The molecule has 3 heterocycles. The largest absolute Gasteiger partial charge is 0.492 e. The molecule has 2 aliphatic rings. The Morgan fingerprint density at radius 2 is 1.97 bits per heavy atom. The Labute approximate surface area is 179 Å². The van der Waals surface area contributed by atoms with Crippen LogP contribution < -0.4 is 15.0 Å². The van der Waals surface area contributed by atoms with E-state index in [2.05, 4.69) is 32.2 Å². The molecule has 1 atom stereocenters. The molecule has 2 aliphatic heterocycles. The van der Waals surface area contributed by atoms with Gasteiger partial charge in [0.25, 0.3) is 0 Å². The number of likely N-dealkylation sites (tertiary alicyclic amines) is 1. The highest BCUT2D eigenvalue weighted by Gasteiger charge is 2.36. The average molecular weight is 411 g/mol. The molecular weight excluding hydrogens is 376 g/mol. The van der Waals surface area contributed by atoms with Crippen LogP contribution in [0.3, 0.4) is 0 Å². The van der Waals surface area contributed by atoms with E-state index in [0.29, 0.717) is 13.1 Å². The molecule has 0 bridgehead atoms. The second-order valence-electron chi connectivity index (χ2n) is 8.59. The first-order chi connectivity index (χ1) is 14.7. The first kappa shape index (κ1) is 21.1. The molecule has 2 aromatic rings. The third-order valence-electron chi connectivity index (χ3n) is 6.11. The molecule has 0 saturated carbocycles. The maximum atomic E-state index is 10.9. The van der Waals surface area contributed by atoms with Gasteiger partial charge in [-0.1, -0.05) is 24.6 Å². The molecule has 2 fully saturated rings. The first-order valence-corrected chi connectivity index (χ1v) is 11.2. The lowest BCUT2D eigenvalue weighted by molar-refractivity contribution is 0.0626. The van der Waals surface area contributed by atoms with Gasteiger partial charge in [-0.25, -0.2) is 4.98 Å².